The van der Waals surface area contributed by atoms with Crippen LogP contribution in [0.25, 0.3) is 0 Å². The summed E-state index contributed by atoms with van der Waals surface area (Å²) in [5.74, 6) is -0.194. The number of rotatable bonds is 4. The maximum absolute atomic E-state index is 12.0. The first-order valence-electron chi connectivity index (χ1n) is 7.13. The summed E-state index contributed by atoms with van der Waals surface area (Å²) in [4.78, 5) is 25.5. The molecule has 6 nitrogen and oxygen atoms in total. The Labute approximate surface area is 138 Å². The average molecular weight is 335 g/mol. The molecule has 1 saturated heterocycles. The van der Waals surface area contributed by atoms with Gasteiger partial charge in [-0.15, -0.1) is 0 Å². The highest BCUT2D eigenvalue weighted by molar-refractivity contribution is 6.30. The number of hydrogen-bond donors (Lipinski definition) is 1. The molecule has 1 aromatic carbocycles. The van der Waals surface area contributed by atoms with Crippen LogP contribution in [0, 0.1) is 0 Å². The number of anilines is 1. The number of ether oxygens (including phenoxy) is 1. The zero-order chi connectivity index (χ0) is 16.2. The number of furan rings is 1. The molecule has 0 bridgehead atoms. The highest BCUT2D eigenvalue weighted by Crippen LogP contribution is 2.21. The van der Waals surface area contributed by atoms with Gasteiger partial charge in [-0.3, -0.25) is 9.59 Å². The van der Waals surface area contributed by atoms with Crippen LogP contribution in [0.1, 0.15) is 10.6 Å². The predicted molar refractivity (Wildman–Crippen MR) is 84.6 cm³/mol. The van der Waals surface area contributed by atoms with Crippen molar-refractivity contribution >= 4 is 29.1 Å². The zero-order valence-electron chi connectivity index (χ0n) is 12.2. The number of halogens is 1. The topological polar surface area (TPSA) is 71.8 Å². The van der Waals surface area contributed by atoms with Crippen molar-refractivity contribution in [3.05, 3.63) is 53.4 Å². The molecule has 1 aliphatic heterocycles. The van der Waals surface area contributed by atoms with E-state index in [1.165, 1.54) is 6.26 Å². The van der Waals surface area contributed by atoms with Gasteiger partial charge in [-0.25, -0.2) is 0 Å². The van der Waals surface area contributed by atoms with Crippen LogP contribution in [0.5, 0.6) is 0 Å². The Balaban J connectivity index is 1.60. The number of carbonyl (C=O) groups is 2. The summed E-state index contributed by atoms with van der Waals surface area (Å²) in [7, 11) is 0. The molecule has 0 aliphatic carbocycles. The lowest BCUT2D eigenvalue weighted by atomic mass is 10.2. The number of hydrogen-bond acceptors (Lipinski definition) is 4. The van der Waals surface area contributed by atoms with E-state index in [2.05, 4.69) is 5.32 Å². The van der Waals surface area contributed by atoms with E-state index < -0.39 is 0 Å². The van der Waals surface area contributed by atoms with Crippen LogP contribution >= 0.6 is 11.6 Å². The zero-order valence-corrected chi connectivity index (χ0v) is 13.0. The highest BCUT2D eigenvalue weighted by Gasteiger charge is 2.27. The monoisotopic (exact) mass is 334 g/mol. The first-order chi connectivity index (χ1) is 11.1. The second-order valence-corrected chi connectivity index (χ2v) is 5.54. The molecule has 0 saturated carbocycles. The number of nitrogens with one attached hydrogen (secondary N) is 1. The summed E-state index contributed by atoms with van der Waals surface area (Å²) < 4.78 is 10.5. The number of benzene rings is 1. The number of carbonyl (C=O) groups excluding carboxylic acids is 2. The fourth-order valence-electron chi connectivity index (χ4n) is 2.32. The molecule has 1 aromatic heterocycles. The second kappa shape index (κ2) is 6.85. The largest absolute Gasteiger partial charge is 0.459 e. The van der Waals surface area contributed by atoms with Crippen LogP contribution in [0.2, 0.25) is 5.02 Å². The van der Waals surface area contributed by atoms with Crippen LogP contribution in [-0.4, -0.2) is 37.6 Å². The van der Waals surface area contributed by atoms with Gasteiger partial charge >= 0.3 is 0 Å². The normalized spacial score (nSPS) is 18.0. The SMILES string of the molecule is O=C(NCC1CN(c2ccc(Cl)cc2)C(=O)CO1)c1ccco1. The van der Waals surface area contributed by atoms with E-state index in [-0.39, 0.29) is 36.8 Å². The summed E-state index contributed by atoms with van der Waals surface area (Å²) in [6, 6.07) is 10.3. The molecule has 1 fully saturated rings. The van der Waals surface area contributed by atoms with Gasteiger partial charge in [0.15, 0.2) is 5.76 Å². The minimum Gasteiger partial charge on any atom is -0.459 e. The fraction of sp³-hybridized carbons (Fsp3) is 0.250. The molecule has 1 N–H and O–H groups in total. The van der Waals surface area contributed by atoms with Crippen molar-refractivity contribution in [3.8, 4) is 0 Å². The van der Waals surface area contributed by atoms with Crippen molar-refractivity contribution in [2.75, 3.05) is 24.6 Å². The van der Waals surface area contributed by atoms with Gasteiger partial charge in [0, 0.05) is 17.3 Å². The Kier molecular flexibility index (Phi) is 4.64. The van der Waals surface area contributed by atoms with Crippen molar-refractivity contribution in [1.82, 2.24) is 5.32 Å². The Hall–Kier alpha value is -2.31. The number of nitrogens with zero attached hydrogens (tertiary/aromatic N) is 1. The summed E-state index contributed by atoms with van der Waals surface area (Å²) in [5.41, 5.74) is 0.755. The first kappa shape index (κ1) is 15.6. The average Bonchev–Trinajstić information content (AvgIpc) is 3.09. The highest BCUT2D eigenvalue weighted by atomic mass is 35.5. The Morgan fingerprint density at radius 3 is 2.78 bits per heavy atom. The van der Waals surface area contributed by atoms with E-state index in [9.17, 15) is 9.59 Å². The lowest BCUT2D eigenvalue weighted by Crippen LogP contribution is -2.50. The smallest absolute Gasteiger partial charge is 0.287 e. The van der Waals surface area contributed by atoms with Gasteiger partial charge in [-0.05, 0) is 36.4 Å². The Morgan fingerprint density at radius 2 is 2.09 bits per heavy atom. The van der Waals surface area contributed by atoms with Crippen molar-refractivity contribution in [2.45, 2.75) is 6.10 Å². The molecule has 2 amide bonds. The Bertz CT molecular complexity index is 685. The van der Waals surface area contributed by atoms with E-state index in [0.717, 1.165) is 5.69 Å². The van der Waals surface area contributed by atoms with Gasteiger partial charge in [-0.1, -0.05) is 11.6 Å². The van der Waals surface area contributed by atoms with Crippen LogP contribution in [-0.2, 0) is 9.53 Å². The van der Waals surface area contributed by atoms with Crippen molar-refractivity contribution < 1.29 is 18.7 Å². The molecule has 3 rings (SSSR count). The van der Waals surface area contributed by atoms with Gasteiger partial charge in [-0.2, -0.15) is 0 Å². The van der Waals surface area contributed by atoms with Gasteiger partial charge < -0.3 is 19.4 Å². The first-order valence-corrected chi connectivity index (χ1v) is 7.50. The molecule has 2 aromatic rings. The van der Waals surface area contributed by atoms with Crippen molar-refractivity contribution in [2.24, 2.45) is 0 Å². The molecule has 1 aliphatic rings. The second-order valence-electron chi connectivity index (χ2n) is 5.10. The fourth-order valence-corrected chi connectivity index (χ4v) is 2.45. The van der Waals surface area contributed by atoms with Crippen LogP contribution in [0.3, 0.4) is 0 Å². The van der Waals surface area contributed by atoms with E-state index in [0.29, 0.717) is 11.6 Å². The maximum Gasteiger partial charge on any atom is 0.287 e. The van der Waals surface area contributed by atoms with E-state index >= 15 is 0 Å². The lowest BCUT2D eigenvalue weighted by Gasteiger charge is -2.32. The molecular formula is C16H15ClN2O4. The molecule has 0 spiro atoms. The van der Waals surface area contributed by atoms with Crippen molar-refractivity contribution in [1.29, 1.82) is 0 Å². The van der Waals surface area contributed by atoms with Gasteiger partial charge in [0.25, 0.3) is 11.8 Å². The molecular weight excluding hydrogens is 320 g/mol. The summed E-state index contributed by atoms with van der Waals surface area (Å²) in [6.45, 7) is 0.625. The molecule has 2 heterocycles. The van der Waals surface area contributed by atoms with Crippen LogP contribution in [0.15, 0.2) is 47.1 Å². The van der Waals surface area contributed by atoms with E-state index in [1.54, 1.807) is 41.3 Å². The van der Waals surface area contributed by atoms with Gasteiger partial charge in [0.1, 0.15) is 6.61 Å². The third-order valence-electron chi connectivity index (χ3n) is 3.50. The van der Waals surface area contributed by atoms with Gasteiger partial charge in [0.05, 0.1) is 18.9 Å². The van der Waals surface area contributed by atoms with Gasteiger partial charge in [0.2, 0.25) is 0 Å². The molecule has 1 atom stereocenters. The molecule has 120 valence electrons. The van der Waals surface area contributed by atoms with Crippen LogP contribution in [0.4, 0.5) is 5.69 Å². The molecule has 0 radical (unpaired) electrons. The summed E-state index contributed by atoms with van der Waals surface area (Å²) >= 11 is 5.86. The minimum absolute atomic E-state index is 0.0239. The number of amides is 2. The number of morpholine rings is 1. The standard InChI is InChI=1S/C16H15ClN2O4/c17-11-3-5-12(6-4-11)19-9-13(23-10-15(19)20)8-18-16(21)14-2-1-7-22-14/h1-7,13H,8-10H2,(H,18,21). The molecule has 7 heteroatoms. The molecule has 1 unspecified atom stereocenters. The minimum atomic E-state index is -0.312. The van der Waals surface area contributed by atoms with Crippen molar-refractivity contribution in [3.63, 3.8) is 0 Å². The lowest BCUT2D eigenvalue weighted by molar-refractivity contribution is -0.129. The predicted octanol–water partition coefficient (Wildman–Crippen LogP) is 2.09. The third kappa shape index (κ3) is 3.72. The third-order valence-corrected chi connectivity index (χ3v) is 3.76. The quantitative estimate of drug-likeness (QED) is 0.929. The van der Waals surface area contributed by atoms with E-state index in [4.69, 9.17) is 20.8 Å². The van der Waals surface area contributed by atoms with E-state index in [1.807, 2.05) is 0 Å². The van der Waals surface area contributed by atoms with Crippen LogP contribution < -0.4 is 10.2 Å². The molecule has 23 heavy (non-hydrogen) atoms. The Morgan fingerprint density at radius 1 is 1.30 bits per heavy atom. The summed E-state index contributed by atoms with van der Waals surface area (Å²) in [5, 5.41) is 3.34. The summed E-state index contributed by atoms with van der Waals surface area (Å²) in [6.07, 6.45) is 1.15. The maximum atomic E-state index is 12.0.